The van der Waals surface area contributed by atoms with E-state index in [2.05, 4.69) is 5.32 Å². The van der Waals surface area contributed by atoms with E-state index in [1.54, 1.807) is 7.11 Å². The zero-order valence-electron chi connectivity index (χ0n) is 9.46. The van der Waals surface area contributed by atoms with Crippen LogP contribution in [0.5, 0.6) is 5.75 Å². The van der Waals surface area contributed by atoms with E-state index in [1.165, 1.54) is 0 Å². The maximum Gasteiger partial charge on any atom is 0.154 e. The third kappa shape index (κ3) is 2.83. The fourth-order valence-electron chi connectivity index (χ4n) is 1.61. The molecule has 1 N–H and O–H groups in total. The van der Waals surface area contributed by atoms with Crippen LogP contribution in [0.15, 0.2) is 12.1 Å². The van der Waals surface area contributed by atoms with Gasteiger partial charge in [0.1, 0.15) is 13.6 Å². The van der Waals surface area contributed by atoms with Gasteiger partial charge in [-0.05, 0) is 31.6 Å². The van der Waals surface area contributed by atoms with E-state index in [9.17, 15) is 4.79 Å². The third-order valence-corrected chi connectivity index (χ3v) is 2.35. The number of aldehydes is 1. The lowest BCUT2D eigenvalue weighted by Crippen LogP contribution is -2.15. The van der Waals surface area contributed by atoms with Gasteiger partial charge in [-0.1, -0.05) is 11.5 Å². The Balaban J connectivity index is 3.10. The molecule has 80 valence electrons. The molecule has 0 spiro atoms. The van der Waals surface area contributed by atoms with Crippen molar-refractivity contribution in [1.82, 2.24) is 5.32 Å². The van der Waals surface area contributed by atoms with Crippen molar-refractivity contribution < 1.29 is 9.53 Å². The number of methoxy groups -OCH3 is 1. The van der Waals surface area contributed by atoms with Crippen LogP contribution in [0.25, 0.3) is 0 Å². The average molecular weight is 205 g/mol. The highest BCUT2D eigenvalue weighted by atomic mass is 16.5. The number of nitrogens with one attached hydrogen (secondary N) is 1. The number of benzene rings is 1. The molecule has 0 amide bonds. The van der Waals surface area contributed by atoms with Gasteiger partial charge in [0.2, 0.25) is 0 Å². The molecule has 0 bridgehead atoms. The predicted molar refractivity (Wildman–Crippen MR) is 64.2 cm³/mol. The number of hydrogen-bond acceptors (Lipinski definition) is 3. The molecule has 15 heavy (non-hydrogen) atoms. The van der Waals surface area contributed by atoms with Crippen molar-refractivity contribution in [2.45, 2.75) is 6.42 Å². The van der Waals surface area contributed by atoms with Gasteiger partial charge in [-0.3, -0.25) is 4.79 Å². The Morgan fingerprint density at radius 3 is 2.80 bits per heavy atom. The summed E-state index contributed by atoms with van der Waals surface area (Å²) in [6.45, 7) is 0.855. The Bertz CT molecular complexity index is 353. The minimum atomic E-state index is 0.663. The smallest absolute Gasteiger partial charge is 0.154 e. The van der Waals surface area contributed by atoms with Crippen molar-refractivity contribution in [3.05, 3.63) is 23.3 Å². The van der Waals surface area contributed by atoms with E-state index in [1.807, 2.05) is 27.0 Å². The minimum Gasteiger partial charge on any atom is -0.496 e. The molecular weight excluding hydrogens is 189 g/mol. The van der Waals surface area contributed by atoms with Crippen molar-refractivity contribution in [3.8, 4) is 5.75 Å². The molecule has 1 aromatic carbocycles. The highest BCUT2D eigenvalue weighted by Gasteiger charge is 2.08. The molecule has 0 aliphatic rings. The van der Waals surface area contributed by atoms with E-state index in [-0.39, 0.29) is 0 Å². The van der Waals surface area contributed by atoms with Crippen molar-refractivity contribution >= 4 is 19.6 Å². The molecule has 4 heteroatoms. The molecule has 0 aliphatic carbocycles. The zero-order valence-corrected chi connectivity index (χ0v) is 9.46. The van der Waals surface area contributed by atoms with Gasteiger partial charge in [-0.15, -0.1) is 0 Å². The highest BCUT2D eigenvalue weighted by Crippen LogP contribution is 2.19. The average Bonchev–Trinajstić information content (AvgIpc) is 2.25. The molecule has 1 rings (SSSR count). The third-order valence-electron chi connectivity index (χ3n) is 2.35. The van der Waals surface area contributed by atoms with Crippen molar-refractivity contribution in [1.29, 1.82) is 0 Å². The van der Waals surface area contributed by atoms with E-state index < -0.39 is 0 Å². The highest BCUT2D eigenvalue weighted by molar-refractivity contribution is 6.32. The van der Waals surface area contributed by atoms with Crippen molar-refractivity contribution in [2.24, 2.45) is 0 Å². The summed E-state index contributed by atoms with van der Waals surface area (Å²) in [6, 6.07) is 3.91. The van der Waals surface area contributed by atoms with Crippen LogP contribution in [-0.2, 0) is 6.42 Å². The SMILES string of the molecule is Bc1cc(CCNC)c(C=O)c(OC)c1. The second-order valence-electron chi connectivity index (χ2n) is 3.51. The van der Waals surface area contributed by atoms with Crippen LogP contribution in [0.1, 0.15) is 15.9 Å². The van der Waals surface area contributed by atoms with E-state index in [0.29, 0.717) is 11.3 Å². The monoisotopic (exact) mass is 205 g/mol. The first kappa shape index (κ1) is 11.8. The minimum absolute atomic E-state index is 0.663. The van der Waals surface area contributed by atoms with Gasteiger partial charge in [0.15, 0.2) is 6.29 Å². The molecule has 0 atom stereocenters. The number of hydrogen-bond donors (Lipinski definition) is 1. The molecule has 3 nitrogen and oxygen atoms in total. The predicted octanol–water partition coefficient (Wildman–Crippen LogP) is -0.472. The van der Waals surface area contributed by atoms with Gasteiger partial charge in [0.25, 0.3) is 0 Å². The first-order chi connectivity index (χ1) is 7.22. The molecule has 0 saturated carbocycles. The normalized spacial score (nSPS) is 10.0. The Kier molecular flexibility index (Phi) is 4.37. The summed E-state index contributed by atoms with van der Waals surface area (Å²) in [5, 5.41) is 3.07. The summed E-state index contributed by atoms with van der Waals surface area (Å²) in [6.07, 6.45) is 1.70. The number of ether oxygens (including phenoxy) is 1. The Hall–Kier alpha value is -1.29. The maximum absolute atomic E-state index is 11.0. The van der Waals surface area contributed by atoms with Crippen LogP contribution in [-0.4, -0.2) is 34.8 Å². The van der Waals surface area contributed by atoms with Crippen LogP contribution in [0, 0.1) is 0 Å². The quantitative estimate of drug-likeness (QED) is 0.521. The Morgan fingerprint density at radius 1 is 1.53 bits per heavy atom. The lowest BCUT2D eigenvalue weighted by atomic mass is 9.90. The fraction of sp³-hybridized carbons (Fsp3) is 0.364. The van der Waals surface area contributed by atoms with Crippen LogP contribution in [0.3, 0.4) is 0 Å². The zero-order chi connectivity index (χ0) is 11.3. The van der Waals surface area contributed by atoms with Crippen molar-refractivity contribution in [2.75, 3.05) is 20.7 Å². The van der Waals surface area contributed by atoms with Gasteiger partial charge in [0.05, 0.1) is 12.7 Å². The van der Waals surface area contributed by atoms with Gasteiger partial charge in [-0.25, -0.2) is 0 Å². The maximum atomic E-state index is 11.0. The number of carbonyl (C=O) groups is 1. The number of likely N-dealkylation sites (N-methyl/N-ethyl adjacent to an activating group) is 1. The largest absolute Gasteiger partial charge is 0.496 e. The standard InChI is InChI=1S/C11H16BNO2/c1-13-4-3-8-5-9(12)6-11(15-2)10(8)7-14/h5-7,13H,3-4,12H2,1-2H3. The fourth-order valence-corrected chi connectivity index (χ4v) is 1.61. The Labute approximate surface area is 91.2 Å². The van der Waals surface area contributed by atoms with E-state index >= 15 is 0 Å². The summed E-state index contributed by atoms with van der Waals surface area (Å²) in [5.41, 5.74) is 2.82. The summed E-state index contributed by atoms with van der Waals surface area (Å²) >= 11 is 0. The van der Waals surface area contributed by atoms with E-state index in [0.717, 1.165) is 30.3 Å². The molecule has 0 saturated heterocycles. The van der Waals surface area contributed by atoms with Gasteiger partial charge in [-0.2, -0.15) is 0 Å². The van der Waals surface area contributed by atoms with Crippen LogP contribution >= 0.6 is 0 Å². The van der Waals surface area contributed by atoms with Gasteiger partial charge < -0.3 is 10.1 Å². The Morgan fingerprint density at radius 2 is 2.27 bits per heavy atom. The van der Waals surface area contributed by atoms with Crippen LogP contribution < -0.4 is 15.5 Å². The van der Waals surface area contributed by atoms with Gasteiger partial charge in [0, 0.05) is 0 Å². The first-order valence-electron chi connectivity index (χ1n) is 5.00. The molecule has 0 radical (unpaired) electrons. The summed E-state index contributed by atoms with van der Waals surface area (Å²) in [4.78, 5) is 11.0. The molecule has 0 unspecified atom stereocenters. The lowest BCUT2D eigenvalue weighted by molar-refractivity contribution is 0.112. The summed E-state index contributed by atoms with van der Waals surface area (Å²) in [5.74, 6) is 0.663. The molecule has 0 heterocycles. The number of carbonyl (C=O) groups excluding carboxylic acids is 1. The van der Waals surface area contributed by atoms with Crippen LogP contribution in [0.2, 0.25) is 0 Å². The topological polar surface area (TPSA) is 38.3 Å². The molecule has 0 aliphatic heterocycles. The second kappa shape index (κ2) is 5.56. The lowest BCUT2D eigenvalue weighted by Gasteiger charge is -2.11. The summed E-state index contributed by atoms with van der Waals surface area (Å²) < 4.78 is 5.19. The van der Waals surface area contributed by atoms with Crippen LogP contribution in [0.4, 0.5) is 0 Å². The molecule has 0 aromatic heterocycles. The van der Waals surface area contributed by atoms with Crippen molar-refractivity contribution in [3.63, 3.8) is 0 Å². The second-order valence-corrected chi connectivity index (χ2v) is 3.51. The van der Waals surface area contributed by atoms with Gasteiger partial charge >= 0.3 is 0 Å². The molecule has 0 fully saturated rings. The summed E-state index contributed by atoms with van der Waals surface area (Å²) in [7, 11) is 5.48. The molecule has 1 aromatic rings. The number of rotatable bonds is 5. The van der Waals surface area contributed by atoms with E-state index in [4.69, 9.17) is 4.74 Å². The molecular formula is C11H16BNO2. The first-order valence-corrected chi connectivity index (χ1v) is 5.00.